The number of hydrogen-bond acceptors (Lipinski definition) is 6. The lowest BCUT2D eigenvalue weighted by atomic mass is 10.2. The van der Waals surface area contributed by atoms with Gasteiger partial charge >= 0.3 is 5.97 Å². The molecule has 1 aromatic heterocycles. The number of benzene rings is 2. The van der Waals surface area contributed by atoms with E-state index < -0.39 is 12.1 Å². The first-order chi connectivity index (χ1) is 15.1. The fraction of sp³-hybridized carbons (Fsp3) is 0.273. The summed E-state index contributed by atoms with van der Waals surface area (Å²) in [5, 5.41) is 14.3. The molecule has 1 heterocycles. The van der Waals surface area contributed by atoms with E-state index in [1.807, 2.05) is 19.9 Å². The number of aromatic nitrogens is 2. The first-order valence-electron chi connectivity index (χ1n) is 9.66. The average Bonchev–Trinajstić information content (AvgIpc) is 2.74. The third-order valence-electron chi connectivity index (χ3n) is 4.57. The predicted molar refractivity (Wildman–Crippen MR) is 127 cm³/mol. The van der Waals surface area contributed by atoms with Crippen LogP contribution >= 0.6 is 27.5 Å². The lowest BCUT2D eigenvalue weighted by Gasteiger charge is -2.17. The zero-order valence-corrected chi connectivity index (χ0v) is 20.1. The van der Waals surface area contributed by atoms with Crippen molar-refractivity contribution in [3.63, 3.8) is 0 Å². The average molecular weight is 523 g/mol. The van der Waals surface area contributed by atoms with E-state index >= 15 is 0 Å². The third kappa shape index (κ3) is 4.94. The molecule has 32 heavy (non-hydrogen) atoms. The van der Waals surface area contributed by atoms with Crippen LogP contribution in [0.2, 0.25) is 5.02 Å². The topological polar surface area (TPSA) is 103 Å². The van der Waals surface area contributed by atoms with Gasteiger partial charge < -0.3 is 14.6 Å². The smallest absolute Gasteiger partial charge is 0.344 e. The van der Waals surface area contributed by atoms with Crippen molar-refractivity contribution < 1.29 is 19.4 Å². The van der Waals surface area contributed by atoms with Gasteiger partial charge in [0.05, 0.1) is 24.2 Å². The number of halogens is 2. The second-order valence-electron chi connectivity index (χ2n) is 7.27. The molecular weight excluding hydrogens is 502 g/mol. The lowest BCUT2D eigenvalue weighted by molar-refractivity contribution is -0.144. The maximum atomic E-state index is 13.2. The van der Waals surface area contributed by atoms with E-state index in [2.05, 4.69) is 26.0 Å². The summed E-state index contributed by atoms with van der Waals surface area (Å²) in [7, 11) is 1.41. The Morgan fingerprint density at radius 3 is 2.62 bits per heavy atom. The van der Waals surface area contributed by atoms with Crippen LogP contribution in [0.4, 0.5) is 0 Å². The molecule has 0 amide bonds. The highest BCUT2D eigenvalue weighted by Crippen LogP contribution is 2.34. The Morgan fingerprint density at radius 1 is 1.28 bits per heavy atom. The number of ether oxygens (including phenoxy) is 2. The SMILES string of the molecule is COc1cc(Cl)cc(C=Nn2c(C(C)C)nc3ccc(Br)cc3c2=O)c1O[C@@H](C)C(=O)O. The van der Waals surface area contributed by atoms with Crippen molar-refractivity contribution in [1.82, 2.24) is 9.66 Å². The molecule has 0 saturated heterocycles. The van der Waals surface area contributed by atoms with Gasteiger partial charge in [0, 0.05) is 27.0 Å². The highest BCUT2D eigenvalue weighted by Gasteiger charge is 2.20. The number of hydrogen-bond donors (Lipinski definition) is 1. The Hall–Kier alpha value is -2.91. The maximum Gasteiger partial charge on any atom is 0.344 e. The zero-order chi connectivity index (χ0) is 23.6. The van der Waals surface area contributed by atoms with E-state index in [-0.39, 0.29) is 23.0 Å². The number of carboxylic acids is 1. The van der Waals surface area contributed by atoms with Gasteiger partial charge in [-0.25, -0.2) is 9.78 Å². The number of rotatable bonds is 7. The molecule has 0 radical (unpaired) electrons. The minimum atomic E-state index is -1.15. The standard InChI is InChI=1S/C22H21BrClN3O5/c1-11(2)20-26-17-6-5-14(23)8-16(17)21(28)27(20)25-10-13-7-15(24)9-18(31-4)19(13)32-12(3)22(29)30/h5-12H,1-4H3,(H,29,30)/t12-/m0/s1. The summed E-state index contributed by atoms with van der Waals surface area (Å²) in [6.45, 7) is 5.21. The summed E-state index contributed by atoms with van der Waals surface area (Å²) < 4.78 is 12.9. The fourth-order valence-corrected chi connectivity index (χ4v) is 3.54. The molecule has 1 atom stereocenters. The van der Waals surface area contributed by atoms with Crippen molar-refractivity contribution in [2.45, 2.75) is 32.8 Å². The maximum absolute atomic E-state index is 13.2. The number of carbonyl (C=O) groups is 1. The molecule has 0 aliphatic rings. The number of fused-ring (bicyclic) bond motifs is 1. The van der Waals surface area contributed by atoms with E-state index in [0.717, 1.165) is 4.47 Å². The van der Waals surface area contributed by atoms with Gasteiger partial charge in [0.15, 0.2) is 17.6 Å². The van der Waals surface area contributed by atoms with Crippen LogP contribution in [0.1, 0.15) is 38.1 Å². The minimum absolute atomic E-state index is 0.0930. The summed E-state index contributed by atoms with van der Waals surface area (Å²) >= 11 is 9.57. The molecule has 0 aliphatic heterocycles. The summed E-state index contributed by atoms with van der Waals surface area (Å²) in [5.41, 5.74) is 0.571. The molecule has 168 valence electrons. The molecular formula is C22H21BrClN3O5. The second-order valence-corrected chi connectivity index (χ2v) is 8.62. The second kappa shape index (κ2) is 9.70. The van der Waals surface area contributed by atoms with Crippen LogP contribution in [0.3, 0.4) is 0 Å². The van der Waals surface area contributed by atoms with Gasteiger partial charge in [-0.15, -0.1) is 0 Å². The van der Waals surface area contributed by atoms with Crippen molar-refractivity contribution in [3.05, 3.63) is 61.6 Å². The van der Waals surface area contributed by atoms with Gasteiger partial charge in [-0.05, 0) is 31.2 Å². The molecule has 0 spiro atoms. The van der Waals surface area contributed by atoms with E-state index in [0.29, 0.717) is 27.3 Å². The molecule has 0 bridgehead atoms. The van der Waals surface area contributed by atoms with Crippen LogP contribution in [-0.2, 0) is 4.79 Å². The summed E-state index contributed by atoms with van der Waals surface area (Å²) in [6.07, 6.45) is 0.225. The highest BCUT2D eigenvalue weighted by molar-refractivity contribution is 9.10. The van der Waals surface area contributed by atoms with E-state index in [9.17, 15) is 14.7 Å². The van der Waals surface area contributed by atoms with Crippen molar-refractivity contribution in [3.8, 4) is 11.5 Å². The Labute approximate surface area is 197 Å². The molecule has 3 rings (SSSR count). The van der Waals surface area contributed by atoms with Gasteiger partial charge in [-0.2, -0.15) is 9.78 Å². The largest absolute Gasteiger partial charge is 0.493 e. The van der Waals surface area contributed by atoms with Gasteiger partial charge in [0.25, 0.3) is 5.56 Å². The van der Waals surface area contributed by atoms with Crippen molar-refractivity contribution in [2.75, 3.05) is 7.11 Å². The minimum Gasteiger partial charge on any atom is -0.493 e. The quantitative estimate of drug-likeness (QED) is 0.452. The van der Waals surface area contributed by atoms with Crippen molar-refractivity contribution in [2.24, 2.45) is 5.10 Å². The molecule has 1 N–H and O–H groups in total. The van der Waals surface area contributed by atoms with Gasteiger partial charge in [-0.1, -0.05) is 41.4 Å². The first kappa shape index (κ1) is 23.7. The van der Waals surface area contributed by atoms with Crippen LogP contribution in [-0.4, -0.2) is 40.2 Å². The van der Waals surface area contributed by atoms with Crippen LogP contribution < -0.4 is 15.0 Å². The van der Waals surface area contributed by atoms with E-state index in [4.69, 9.17) is 21.1 Å². The van der Waals surface area contributed by atoms with E-state index in [1.165, 1.54) is 31.0 Å². The molecule has 0 fully saturated rings. The van der Waals surface area contributed by atoms with Gasteiger partial charge in [0.2, 0.25) is 0 Å². The zero-order valence-electron chi connectivity index (χ0n) is 17.8. The van der Waals surface area contributed by atoms with Crippen LogP contribution in [0.15, 0.2) is 44.7 Å². The predicted octanol–water partition coefficient (Wildman–Crippen LogP) is 4.68. The summed E-state index contributed by atoms with van der Waals surface area (Å²) in [6, 6.07) is 8.32. The number of carboxylic acid groups (broad SMARTS) is 1. The Balaban J connectivity index is 2.20. The van der Waals surface area contributed by atoms with Crippen LogP contribution in [0, 0.1) is 0 Å². The normalized spacial score (nSPS) is 12.5. The highest BCUT2D eigenvalue weighted by atomic mass is 79.9. The molecule has 2 aromatic carbocycles. The lowest BCUT2D eigenvalue weighted by Crippen LogP contribution is -2.24. The van der Waals surface area contributed by atoms with Gasteiger partial charge in [-0.3, -0.25) is 4.79 Å². The Bertz CT molecular complexity index is 1270. The molecule has 10 heteroatoms. The van der Waals surface area contributed by atoms with Crippen LogP contribution in [0.5, 0.6) is 11.5 Å². The Kier molecular flexibility index (Phi) is 7.20. The monoisotopic (exact) mass is 521 g/mol. The third-order valence-corrected chi connectivity index (χ3v) is 5.28. The molecule has 0 unspecified atom stereocenters. The molecule has 8 nitrogen and oxygen atoms in total. The van der Waals surface area contributed by atoms with Crippen molar-refractivity contribution in [1.29, 1.82) is 0 Å². The summed E-state index contributed by atoms with van der Waals surface area (Å²) in [5.74, 6) is -0.385. The van der Waals surface area contributed by atoms with Gasteiger partial charge in [0.1, 0.15) is 5.82 Å². The summed E-state index contributed by atoms with van der Waals surface area (Å²) in [4.78, 5) is 29.1. The number of aliphatic carboxylic acids is 1. The molecule has 0 saturated carbocycles. The van der Waals surface area contributed by atoms with Crippen LogP contribution in [0.25, 0.3) is 10.9 Å². The fourth-order valence-electron chi connectivity index (χ4n) is 2.96. The molecule has 0 aliphatic carbocycles. The Morgan fingerprint density at radius 2 is 2.00 bits per heavy atom. The van der Waals surface area contributed by atoms with E-state index in [1.54, 1.807) is 18.2 Å². The number of nitrogens with zero attached hydrogens (tertiary/aromatic N) is 3. The number of methoxy groups -OCH3 is 1. The first-order valence-corrected chi connectivity index (χ1v) is 10.8. The molecule has 3 aromatic rings. The van der Waals surface area contributed by atoms with Crippen molar-refractivity contribution >= 4 is 50.6 Å².